The van der Waals surface area contributed by atoms with Gasteiger partial charge in [-0.2, -0.15) is 0 Å². The first kappa shape index (κ1) is 21.1. The molecule has 0 unspecified atom stereocenters. The molecule has 0 saturated heterocycles. The summed E-state index contributed by atoms with van der Waals surface area (Å²) in [4.78, 5) is 0. The summed E-state index contributed by atoms with van der Waals surface area (Å²) in [5.41, 5.74) is -0.261. The molecule has 1 aromatic carbocycles. The molecule has 0 aliphatic carbocycles. The van der Waals surface area contributed by atoms with E-state index < -0.39 is 25.6 Å². The molecule has 136 valence electrons. The first-order chi connectivity index (χ1) is 10.6. The van der Waals surface area contributed by atoms with Gasteiger partial charge in [-0.1, -0.05) is 36.9 Å². The fraction of sp³-hybridized carbons (Fsp3) is 0.600. The van der Waals surface area contributed by atoms with Gasteiger partial charge in [0, 0.05) is 5.20 Å². The van der Waals surface area contributed by atoms with Gasteiger partial charge in [-0.05, 0) is 67.9 Å². The van der Waals surface area contributed by atoms with Crippen molar-refractivity contribution in [2.45, 2.75) is 79.1 Å². The van der Waals surface area contributed by atoms with E-state index in [4.69, 9.17) is 13.3 Å². The van der Waals surface area contributed by atoms with E-state index in [-0.39, 0.29) is 0 Å². The zero-order chi connectivity index (χ0) is 18.8. The lowest BCUT2D eigenvalue weighted by Gasteiger charge is -2.43. The Morgan fingerprint density at radius 3 is 1.33 bits per heavy atom. The van der Waals surface area contributed by atoms with Gasteiger partial charge in [0.25, 0.3) is 0 Å². The van der Waals surface area contributed by atoms with E-state index in [1.165, 1.54) is 0 Å². The molecule has 1 aromatic rings. The molecule has 24 heavy (non-hydrogen) atoms. The van der Waals surface area contributed by atoms with Gasteiger partial charge < -0.3 is 13.3 Å². The highest BCUT2D eigenvalue weighted by molar-refractivity contribution is 6.81. The summed E-state index contributed by atoms with van der Waals surface area (Å²) in [6.45, 7) is 22.5. The molecule has 0 amide bonds. The van der Waals surface area contributed by atoms with Gasteiger partial charge in [0.2, 0.25) is 0 Å². The Morgan fingerprint density at radius 1 is 0.708 bits per heavy atom. The predicted octanol–water partition coefficient (Wildman–Crippen LogP) is 5.62. The van der Waals surface area contributed by atoms with Crippen molar-refractivity contribution < 1.29 is 13.3 Å². The lowest BCUT2D eigenvalue weighted by atomic mass is 10.2. The fourth-order valence-electron chi connectivity index (χ4n) is 2.27. The maximum atomic E-state index is 6.49. The summed E-state index contributed by atoms with van der Waals surface area (Å²) in [5.74, 6) is 0. The number of hydrogen-bond acceptors (Lipinski definition) is 3. The fourth-order valence-corrected chi connectivity index (χ4v) is 5.71. The molecule has 0 atom stereocenters. The monoisotopic (exact) mass is 350 g/mol. The number of hydrogen-bond donors (Lipinski definition) is 0. The molecule has 0 heterocycles. The quantitative estimate of drug-likeness (QED) is 0.645. The maximum Gasteiger partial charge on any atom is 0.538 e. The summed E-state index contributed by atoms with van der Waals surface area (Å²) < 4.78 is 19.5. The molecule has 0 bridgehead atoms. The highest BCUT2D eigenvalue weighted by atomic mass is 28.4. The van der Waals surface area contributed by atoms with Crippen molar-refractivity contribution in [2.24, 2.45) is 0 Å². The van der Waals surface area contributed by atoms with Gasteiger partial charge in [-0.15, -0.1) is 0 Å². The lowest BCUT2D eigenvalue weighted by Crippen LogP contribution is -2.58. The summed E-state index contributed by atoms with van der Waals surface area (Å²) in [5, 5.41) is 0.794. The van der Waals surface area contributed by atoms with Crippen LogP contribution in [-0.2, 0) is 13.3 Å². The van der Waals surface area contributed by atoms with Crippen molar-refractivity contribution in [3.8, 4) is 0 Å². The van der Waals surface area contributed by atoms with Crippen LogP contribution in [0.15, 0.2) is 36.9 Å². The van der Waals surface area contributed by atoms with E-state index in [1.54, 1.807) is 0 Å². The van der Waals surface area contributed by atoms with Crippen LogP contribution < -0.4 is 0 Å². The Labute approximate surface area is 149 Å². The average molecular weight is 351 g/mol. The topological polar surface area (TPSA) is 27.7 Å². The second-order valence-electron chi connectivity index (χ2n) is 9.04. The largest absolute Gasteiger partial charge is 0.538 e. The Hall–Kier alpha value is -0.943. The summed E-state index contributed by atoms with van der Waals surface area (Å²) in [7, 11) is -3.24. The van der Waals surface area contributed by atoms with Crippen LogP contribution in [-0.4, -0.2) is 25.6 Å². The third-order valence-electron chi connectivity index (χ3n) is 2.81. The molecule has 0 aromatic heterocycles. The van der Waals surface area contributed by atoms with Crippen LogP contribution in [0.4, 0.5) is 0 Å². The van der Waals surface area contributed by atoms with E-state index in [2.05, 4.69) is 6.58 Å². The van der Waals surface area contributed by atoms with E-state index in [0.29, 0.717) is 0 Å². The van der Waals surface area contributed by atoms with Gasteiger partial charge in [-0.25, -0.2) is 0 Å². The van der Waals surface area contributed by atoms with Crippen molar-refractivity contribution >= 4 is 14.0 Å². The van der Waals surface area contributed by atoms with E-state index >= 15 is 0 Å². The Morgan fingerprint density at radius 2 is 1.04 bits per heavy atom. The molecule has 0 spiro atoms. The molecule has 0 saturated carbocycles. The maximum absolute atomic E-state index is 6.49. The van der Waals surface area contributed by atoms with E-state index in [0.717, 1.165) is 10.8 Å². The first-order valence-electron chi connectivity index (χ1n) is 8.49. The molecule has 0 aliphatic rings. The minimum atomic E-state index is -3.24. The molecule has 0 N–H and O–H groups in total. The first-order valence-corrected chi connectivity index (χ1v) is 10.2. The normalized spacial score (nSPS) is 13.9. The van der Waals surface area contributed by atoms with Crippen LogP contribution in [0.5, 0.6) is 0 Å². The number of rotatable bonds is 5. The molecule has 3 nitrogen and oxygen atoms in total. The van der Waals surface area contributed by atoms with E-state index in [1.807, 2.05) is 92.6 Å². The average Bonchev–Trinajstić information content (AvgIpc) is 2.32. The SMILES string of the molecule is C=C(c1ccccc1)[Si](OC(C)(C)C)(OC(C)(C)C)OC(C)(C)C. The molecule has 0 radical (unpaired) electrons. The van der Waals surface area contributed by atoms with Gasteiger partial charge in [0.05, 0.1) is 16.8 Å². The molecule has 1 rings (SSSR count). The summed E-state index contributed by atoms with van der Waals surface area (Å²) in [6.07, 6.45) is 0. The highest BCUT2D eigenvalue weighted by Gasteiger charge is 2.53. The van der Waals surface area contributed by atoms with Crippen molar-refractivity contribution in [1.29, 1.82) is 0 Å². The van der Waals surface area contributed by atoms with Crippen LogP contribution in [0.2, 0.25) is 0 Å². The third-order valence-corrected chi connectivity index (χ3v) is 6.48. The molecule has 0 aliphatic heterocycles. The Balaban J connectivity index is 3.46. The minimum absolute atomic E-state index is 0.416. The van der Waals surface area contributed by atoms with Gasteiger partial charge in [0.1, 0.15) is 0 Å². The molecule has 0 fully saturated rings. The van der Waals surface area contributed by atoms with Crippen LogP contribution in [0.3, 0.4) is 0 Å². The van der Waals surface area contributed by atoms with Gasteiger partial charge in [0.15, 0.2) is 0 Å². The third kappa shape index (κ3) is 6.89. The van der Waals surface area contributed by atoms with Crippen LogP contribution in [0.1, 0.15) is 67.9 Å². The standard InChI is InChI=1S/C20H34O3Si/c1-16(17-14-12-11-13-15-17)24(21-18(2,3)4,22-19(5,6)7)23-20(8,9)10/h11-15H,1H2,2-10H3. The summed E-state index contributed by atoms with van der Waals surface area (Å²) >= 11 is 0. The van der Waals surface area contributed by atoms with Crippen LogP contribution >= 0.6 is 0 Å². The number of benzene rings is 1. The lowest BCUT2D eigenvalue weighted by molar-refractivity contribution is -0.0646. The minimum Gasteiger partial charge on any atom is -0.365 e. The van der Waals surface area contributed by atoms with E-state index in [9.17, 15) is 0 Å². The summed E-state index contributed by atoms with van der Waals surface area (Å²) in [6, 6.07) is 10.0. The zero-order valence-corrected chi connectivity index (χ0v) is 17.8. The van der Waals surface area contributed by atoms with Crippen molar-refractivity contribution in [1.82, 2.24) is 0 Å². The van der Waals surface area contributed by atoms with Crippen molar-refractivity contribution in [3.63, 3.8) is 0 Å². The van der Waals surface area contributed by atoms with Crippen LogP contribution in [0.25, 0.3) is 5.20 Å². The molecular formula is C20H34O3Si. The van der Waals surface area contributed by atoms with Gasteiger partial charge in [-0.3, -0.25) is 0 Å². The predicted molar refractivity (Wildman–Crippen MR) is 104 cm³/mol. The molecular weight excluding hydrogens is 316 g/mol. The zero-order valence-electron chi connectivity index (χ0n) is 16.8. The van der Waals surface area contributed by atoms with Crippen molar-refractivity contribution in [3.05, 3.63) is 42.5 Å². The molecule has 4 heteroatoms. The highest BCUT2D eigenvalue weighted by Crippen LogP contribution is 2.37. The van der Waals surface area contributed by atoms with Crippen LogP contribution in [0, 0.1) is 0 Å². The Kier molecular flexibility index (Phi) is 6.26. The Bertz CT molecular complexity index is 504. The van der Waals surface area contributed by atoms with Gasteiger partial charge >= 0.3 is 8.80 Å². The second-order valence-corrected chi connectivity index (χ2v) is 11.4. The second kappa shape index (κ2) is 7.12. The van der Waals surface area contributed by atoms with Crippen molar-refractivity contribution in [2.75, 3.05) is 0 Å². The smallest absolute Gasteiger partial charge is 0.365 e.